The Kier molecular flexibility index (Phi) is 4.66. The monoisotopic (exact) mass is 385 g/mol. The fourth-order valence-electron chi connectivity index (χ4n) is 2.45. The average Bonchev–Trinajstić information content (AvgIpc) is 3.00. The molecule has 3 aromatic rings. The number of aromatic amines is 1. The van der Waals surface area contributed by atoms with E-state index in [-0.39, 0.29) is 36.0 Å². The van der Waals surface area contributed by atoms with E-state index in [1.165, 1.54) is 19.2 Å². The second kappa shape index (κ2) is 6.79. The Bertz CT molecular complexity index is 1100. The number of nitrogens with two attached hydrogens (primary N) is 1. The summed E-state index contributed by atoms with van der Waals surface area (Å²) in [4.78, 5) is 31.2. The van der Waals surface area contributed by atoms with Gasteiger partial charge in [0, 0.05) is 26.2 Å². The molecule has 0 atom stereocenters. The first-order chi connectivity index (χ1) is 12.7. The highest BCUT2D eigenvalue weighted by atomic mass is 19.4. The third kappa shape index (κ3) is 3.79. The number of fused-ring (bicyclic) bond motifs is 1. The van der Waals surface area contributed by atoms with Gasteiger partial charge in [-0.3, -0.25) is 13.9 Å². The molecule has 3 rings (SSSR count). The molecule has 3 N–H and O–H groups in total. The van der Waals surface area contributed by atoms with Crippen molar-refractivity contribution in [3.8, 4) is 17.5 Å². The number of aryl methyl sites for hydroxylation is 1. The Morgan fingerprint density at radius 1 is 1.26 bits per heavy atom. The van der Waals surface area contributed by atoms with Crippen LogP contribution < -0.4 is 26.5 Å². The van der Waals surface area contributed by atoms with Crippen molar-refractivity contribution in [2.45, 2.75) is 12.9 Å². The normalized spacial score (nSPS) is 11.7. The highest BCUT2D eigenvalue weighted by molar-refractivity contribution is 5.70. The summed E-state index contributed by atoms with van der Waals surface area (Å²) in [5, 5.41) is 0. The van der Waals surface area contributed by atoms with Crippen LogP contribution in [0.2, 0.25) is 0 Å². The predicted octanol–water partition coefficient (Wildman–Crippen LogP) is 1.07. The number of rotatable bonds is 5. The number of nitrogens with zero attached hydrogens (tertiary/aromatic N) is 3. The molecule has 0 fully saturated rings. The summed E-state index contributed by atoms with van der Waals surface area (Å²) >= 11 is 0. The van der Waals surface area contributed by atoms with Crippen LogP contribution in [0.15, 0.2) is 33.9 Å². The number of hydrogen-bond acceptors (Lipinski definition) is 6. The fourth-order valence-corrected chi connectivity index (χ4v) is 2.45. The molecule has 12 heteroatoms. The van der Waals surface area contributed by atoms with Crippen LogP contribution in [0, 0.1) is 0 Å². The van der Waals surface area contributed by atoms with Gasteiger partial charge >= 0.3 is 18.1 Å². The van der Waals surface area contributed by atoms with Crippen molar-refractivity contribution in [3.63, 3.8) is 0 Å². The van der Waals surface area contributed by atoms with Gasteiger partial charge in [-0.2, -0.15) is 4.98 Å². The summed E-state index contributed by atoms with van der Waals surface area (Å²) in [6.07, 6.45) is -4.84. The van der Waals surface area contributed by atoms with Crippen LogP contribution in [0.25, 0.3) is 11.2 Å². The van der Waals surface area contributed by atoms with Crippen molar-refractivity contribution >= 4 is 11.2 Å². The number of imidazole rings is 1. The molecule has 0 saturated heterocycles. The maximum atomic E-state index is 12.4. The molecule has 0 radical (unpaired) electrons. The van der Waals surface area contributed by atoms with Crippen LogP contribution in [0.3, 0.4) is 0 Å². The minimum atomic E-state index is -4.84. The third-order valence-corrected chi connectivity index (χ3v) is 3.56. The first kappa shape index (κ1) is 18.5. The first-order valence-electron chi connectivity index (χ1n) is 7.63. The number of alkyl halides is 3. The van der Waals surface area contributed by atoms with E-state index >= 15 is 0 Å². The lowest BCUT2D eigenvalue weighted by Gasteiger charge is -2.09. The van der Waals surface area contributed by atoms with E-state index in [1.807, 2.05) is 0 Å². The Hall–Kier alpha value is -3.28. The van der Waals surface area contributed by atoms with E-state index in [0.29, 0.717) is 0 Å². The quantitative estimate of drug-likeness (QED) is 0.679. The van der Waals surface area contributed by atoms with Gasteiger partial charge in [-0.15, -0.1) is 13.2 Å². The van der Waals surface area contributed by atoms with Gasteiger partial charge < -0.3 is 20.2 Å². The number of aromatic nitrogens is 4. The first-order valence-corrected chi connectivity index (χ1v) is 7.63. The van der Waals surface area contributed by atoms with E-state index in [0.717, 1.165) is 21.3 Å². The van der Waals surface area contributed by atoms with Gasteiger partial charge in [-0.1, -0.05) is 6.07 Å². The molecule has 0 aliphatic heterocycles. The Morgan fingerprint density at radius 3 is 2.63 bits per heavy atom. The molecule has 0 saturated carbocycles. The second-order valence-corrected chi connectivity index (χ2v) is 5.45. The molecule has 144 valence electrons. The molecule has 2 aromatic heterocycles. The molecule has 27 heavy (non-hydrogen) atoms. The highest BCUT2D eigenvalue weighted by Crippen LogP contribution is 2.28. The van der Waals surface area contributed by atoms with Crippen LogP contribution in [0.5, 0.6) is 17.5 Å². The lowest BCUT2D eigenvalue weighted by molar-refractivity contribution is -0.274. The molecule has 0 spiro atoms. The number of nitrogens with one attached hydrogen (secondary N) is 1. The summed E-state index contributed by atoms with van der Waals surface area (Å²) in [5.41, 5.74) is 4.22. The molecule has 9 nitrogen and oxygen atoms in total. The van der Waals surface area contributed by atoms with Gasteiger partial charge in [-0.25, -0.2) is 4.79 Å². The second-order valence-electron chi connectivity index (χ2n) is 5.45. The third-order valence-electron chi connectivity index (χ3n) is 3.56. The largest absolute Gasteiger partial charge is 0.573 e. The summed E-state index contributed by atoms with van der Waals surface area (Å²) in [7, 11) is 1.42. The Labute approximate surface area is 148 Å². The lowest BCUT2D eigenvalue weighted by atomic mass is 10.3. The zero-order valence-electron chi connectivity index (χ0n) is 13.9. The average molecular weight is 385 g/mol. The molecule has 0 bridgehead atoms. The maximum Gasteiger partial charge on any atom is 0.573 e. The zero-order chi connectivity index (χ0) is 19.8. The predicted molar refractivity (Wildman–Crippen MR) is 87.8 cm³/mol. The number of hydrogen-bond donors (Lipinski definition) is 2. The van der Waals surface area contributed by atoms with Crippen molar-refractivity contribution in [3.05, 3.63) is 45.1 Å². The van der Waals surface area contributed by atoms with Crippen molar-refractivity contribution in [1.82, 2.24) is 19.1 Å². The summed E-state index contributed by atoms with van der Waals surface area (Å²) in [6.45, 7) is 0.109. The van der Waals surface area contributed by atoms with Gasteiger partial charge in [0.1, 0.15) is 11.5 Å². The van der Waals surface area contributed by atoms with E-state index in [4.69, 9.17) is 10.5 Å². The smallest absolute Gasteiger partial charge is 0.425 e. The SMILES string of the molecule is Cn1c(=O)n(CCN)c(=O)c2[nH]c(Oc3cccc(OC(F)(F)F)c3)nc21. The van der Waals surface area contributed by atoms with Crippen LogP contribution in [0.1, 0.15) is 0 Å². The van der Waals surface area contributed by atoms with Crippen molar-refractivity contribution in [2.75, 3.05) is 6.54 Å². The molecular formula is C15H14F3N5O4. The van der Waals surface area contributed by atoms with E-state index in [9.17, 15) is 22.8 Å². The van der Waals surface area contributed by atoms with Gasteiger partial charge in [0.15, 0.2) is 11.2 Å². The minimum Gasteiger partial charge on any atom is -0.425 e. The number of H-pyrrole nitrogens is 1. The minimum absolute atomic E-state index is 0.00301. The molecule has 0 amide bonds. The highest BCUT2D eigenvalue weighted by Gasteiger charge is 2.31. The number of benzene rings is 1. The topological polar surface area (TPSA) is 117 Å². The van der Waals surface area contributed by atoms with E-state index < -0.39 is 23.4 Å². The molecule has 0 aliphatic rings. The maximum absolute atomic E-state index is 12.4. The molecule has 1 aromatic carbocycles. The zero-order valence-corrected chi connectivity index (χ0v) is 13.9. The fraction of sp³-hybridized carbons (Fsp3) is 0.267. The van der Waals surface area contributed by atoms with Gasteiger partial charge in [0.25, 0.3) is 5.56 Å². The summed E-state index contributed by atoms with van der Waals surface area (Å²) < 4.78 is 48.2. The van der Waals surface area contributed by atoms with Gasteiger partial charge in [-0.05, 0) is 12.1 Å². The van der Waals surface area contributed by atoms with Crippen LogP contribution in [-0.4, -0.2) is 32.0 Å². The molecule has 2 heterocycles. The Morgan fingerprint density at radius 2 is 1.96 bits per heavy atom. The van der Waals surface area contributed by atoms with Crippen molar-refractivity contribution in [1.29, 1.82) is 0 Å². The van der Waals surface area contributed by atoms with Crippen LogP contribution in [-0.2, 0) is 13.6 Å². The van der Waals surface area contributed by atoms with E-state index in [2.05, 4.69) is 14.7 Å². The lowest BCUT2D eigenvalue weighted by Crippen LogP contribution is -2.40. The van der Waals surface area contributed by atoms with Crippen molar-refractivity contribution < 1.29 is 22.6 Å². The molecule has 0 aliphatic carbocycles. The van der Waals surface area contributed by atoms with Gasteiger partial charge in [0.05, 0.1) is 0 Å². The number of ether oxygens (including phenoxy) is 2. The molecule has 0 unspecified atom stereocenters. The number of halogens is 3. The van der Waals surface area contributed by atoms with Crippen molar-refractivity contribution in [2.24, 2.45) is 12.8 Å². The van der Waals surface area contributed by atoms with Gasteiger partial charge in [0.2, 0.25) is 0 Å². The Balaban J connectivity index is 1.98. The standard InChI is InChI=1S/C15H14F3N5O4/c1-22-11-10(12(24)23(6-5-19)14(22)25)20-13(21-11)26-8-3-2-4-9(7-8)27-15(16,17)18/h2-4,7H,5-6,19H2,1H3,(H,20,21). The molecular weight excluding hydrogens is 371 g/mol. The summed E-state index contributed by atoms with van der Waals surface area (Å²) in [6, 6.07) is 4.61. The van der Waals surface area contributed by atoms with Crippen LogP contribution in [0.4, 0.5) is 13.2 Å². The van der Waals surface area contributed by atoms with E-state index in [1.54, 1.807) is 0 Å². The van der Waals surface area contributed by atoms with Crippen LogP contribution >= 0.6 is 0 Å². The summed E-state index contributed by atoms with van der Waals surface area (Å²) in [5.74, 6) is -0.489.